The van der Waals surface area contributed by atoms with Crippen molar-refractivity contribution < 1.29 is 14.3 Å². The number of hydrogen-bond acceptors (Lipinski definition) is 5. The molecule has 1 aromatic rings. The molecular formula is C16H20N2O3. The van der Waals surface area contributed by atoms with E-state index in [2.05, 4.69) is 11.0 Å². The van der Waals surface area contributed by atoms with Gasteiger partial charge >= 0.3 is 5.97 Å². The minimum atomic E-state index is -0.161. The molecule has 1 aliphatic rings. The standard InChI is InChI=1S/C16H20N2O3/c1-3-21-16(19)14-5-4-8-18(14)11-12-6-7-13(10-17)15(9-12)20-2/h6-7,9,14H,3-5,8,11H2,1-2H3. The number of ether oxygens (including phenoxy) is 2. The first-order valence-electron chi connectivity index (χ1n) is 7.17. The lowest BCUT2D eigenvalue weighted by Crippen LogP contribution is -2.36. The summed E-state index contributed by atoms with van der Waals surface area (Å²) in [4.78, 5) is 14.1. The summed E-state index contributed by atoms with van der Waals surface area (Å²) >= 11 is 0. The number of methoxy groups -OCH3 is 1. The second-order valence-electron chi connectivity index (χ2n) is 5.03. The first-order chi connectivity index (χ1) is 10.2. The summed E-state index contributed by atoms with van der Waals surface area (Å²) in [5.41, 5.74) is 1.55. The second kappa shape index (κ2) is 7.09. The molecule has 1 aliphatic heterocycles. The van der Waals surface area contributed by atoms with E-state index in [1.54, 1.807) is 13.2 Å². The average molecular weight is 288 g/mol. The quantitative estimate of drug-likeness (QED) is 0.776. The Bertz CT molecular complexity index is 551. The smallest absolute Gasteiger partial charge is 0.323 e. The van der Waals surface area contributed by atoms with Crippen LogP contribution in [0.3, 0.4) is 0 Å². The maximum absolute atomic E-state index is 11.9. The Morgan fingerprint density at radius 1 is 1.52 bits per heavy atom. The maximum Gasteiger partial charge on any atom is 0.323 e. The third-order valence-electron chi connectivity index (χ3n) is 3.69. The molecule has 0 radical (unpaired) electrons. The molecule has 0 aliphatic carbocycles. The minimum Gasteiger partial charge on any atom is -0.495 e. The highest BCUT2D eigenvalue weighted by molar-refractivity contribution is 5.76. The van der Waals surface area contributed by atoms with Crippen LogP contribution in [0, 0.1) is 11.3 Å². The fourth-order valence-electron chi connectivity index (χ4n) is 2.68. The van der Waals surface area contributed by atoms with Crippen LogP contribution < -0.4 is 4.74 Å². The Balaban J connectivity index is 2.10. The van der Waals surface area contributed by atoms with Crippen molar-refractivity contribution in [1.29, 1.82) is 5.26 Å². The Kier molecular flexibility index (Phi) is 5.18. The van der Waals surface area contributed by atoms with Crippen molar-refractivity contribution in [2.24, 2.45) is 0 Å². The van der Waals surface area contributed by atoms with Crippen LogP contribution in [0.2, 0.25) is 0 Å². The lowest BCUT2D eigenvalue weighted by atomic mass is 10.1. The van der Waals surface area contributed by atoms with Gasteiger partial charge in [0.15, 0.2) is 0 Å². The highest BCUT2D eigenvalue weighted by atomic mass is 16.5. The zero-order chi connectivity index (χ0) is 15.2. The lowest BCUT2D eigenvalue weighted by Gasteiger charge is -2.23. The number of benzene rings is 1. The van der Waals surface area contributed by atoms with Gasteiger partial charge in [0.1, 0.15) is 17.9 Å². The Morgan fingerprint density at radius 3 is 3.00 bits per heavy atom. The van der Waals surface area contributed by atoms with Gasteiger partial charge in [-0.15, -0.1) is 0 Å². The van der Waals surface area contributed by atoms with Gasteiger partial charge in [-0.05, 0) is 44.0 Å². The topological polar surface area (TPSA) is 62.6 Å². The van der Waals surface area contributed by atoms with Gasteiger partial charge < -0.3 is 9.47 Å². The molecule has 2 rings (SSSR count). The molecule has 5 nitrogen and oxygen atoms in total. The van der Waals surface area contributed by atoms with Crippen LogP contribution in [0.15, 0.2) is 18.2 Å². The van der Waals surface area contributed by atoms with Gasteiger partial charge in [-0.3, -0.25) is 9.69 Å². The van der Waals surface area contributed by atoms with Crippen molar-refractivity contribution in [3.8, 4) is 11.8 Å². The Morgan fingerprint density at radius 2 is 2.33 bits per heavy atom. The van der Waals surface area contributed by atoms with E-state index in [-0.39, 0.29) is 12.0 Å². The van der Waals surface area contributed by atoms with Crippen LogP contribution in [0.1, 0.15) is 30.9 Å². The van der Waals surface area contributed by atoms with Gasteiger partial charge in [0, 0.05) is 6.54 Å². The molecule has 0 aromatic heterocycles. The van der Waals surface area contributed by atoms with Gasteiger partial charge in [-0.1, -0.05) is 6.07 Å². The van der Waals surface area contributed by atoms with Crippen molar-refractivity contribution in [3.05, 3.63) is 29.3 Å². The summed E-state index contributed by atoms with van der Waals surface area (Å²) in [6, 6.07) is 7.46. The number of nitrogens with zero attached hydrogens (tertiary/aromatic N) is 2. The largest absolute Gasteiger partial charge is 0.495 e. The first kappa shape index (κ1) is 15.3. The van der Waals surface area contributed by atoms with Crippen LogP contribution >= 0.6 is 0 Å². The van der Waals surface area contributed by atoms with Crippen LogP contribution in [-0.4, -0.2) is 37.2 Å². The maximum atomic E-state index is 11.9. The number of nitriles is 1. The Hall–Kier alpha value is -2.06. The van der Waals surface area contributed by atoms with Crippen LogP contribution in [0.4, 0.5) is 0 Å². The number of likely N-dealkylation sites (tertiary alicyclic amines) is 1. The molecule has 1 atom stereocenters. The SMILES string of the molecule is CCOC(=O)C1CCCN1Cc1ccc(C#N)c(OC)c1. The molecule has 112 valence electrons. The summed E-state index contributed by atoms with van der Waals surface area (Å²) in [5.74, 6) is 0.428. The molecule has 0 bridgehead atoms. The monoisotopic (exact) mass is 288 g/mol. The van der Waals surface area contributed by atoms with Crippen LogP contribution in [0.25, 0.3) is 0 Å². The molecule has 5 heteroatoms. The van der Waals surface area contributed by atoms with E-state index in [0.717, 1.165) is 24.9 Å². The van der Waals surface area contributed by atoms with Gasteiger partial charge in [0.2, 0.25) is 0 Å². The Labute approximate surface area is 125 Å². The fourth-order valence-corrected chi connectivity index (χ4v) is 2.68. The summed E-state index contributed by atoms with van der Waals surface area (Å²) in [6.45, 7) is 3.77. The number of carbonyl (C=O) groups is 1. The summed E-state index contributed by atoms with van der Waals surface area (Å²) < 4.78 is 10.3. The molecule has 21 heavy (non-hydrogen) atoms. The third kappa shape index (κ3) is 3.53. The molecule has 1 fully saturated rings. The lowest BCUT2D eigenvalue weighted by molar-refractivity contribution is -0.148. The van der Waals surface area contributed by atoms with Crippen LogP contribution in [-0.2, 0) is 16.1 Å². The summed E-state index contributed by atoms with van der Waals surface area (Å²) in [6.07, 6.45) is 1.84. The molecule has 0 amide bonds. The predicted octanol–water partition coefficient (Wildman–Crippen LogP) is 2.09. The van der Waals surface area contributed by atoms with Crippen molar-refractivity contribution >= 4 is 5.97 Å². The molecule has 0 N–H and O–H groups in total. The normalized spacial score (nSPS) is 18.2. The van der Waals surface area contributed by atoms with E-state index in [4.69, 9.17) is 14.7 Å². The molecule has 0 spiro atoms. The van der Waals surface area contributed by atoms with E-state index in [0.29, 0.717) is 24.5 Å². The molecular weight excluding hydrogens is 268 g/mol. The molecule has 1 heterocycles. The van der Waals surface area contributed by atoms with Crippen molar-refractivity contribution in [2.45, 2.75) is 32.4 Å². The minimum absolute atomic E-state index is 0.143. The molecule has 1 saturated heterocycles. The molecule has 1 unspecified atom stereocenters. The molecule has 1 aromatic carbocycles. The average Bonchev–Trinajstić information content (AvgIpc) is 2.95. The molecule has 0 saturated carbocycles. The number of carbonyl (C=O) groups excluding carboxylic acids is 1. The van der Waals surface area contributed by atoms with E-state index in [1.807, 2.05) is 19.1 Å². The van der Waals surface area contributed by atoms with Gasteiger partial charge in [0.25, 0.3) is 0 Å². The third-order valence-corrected chi connectivity index (χ3v) is 3.69. The highest BCUT2D eigenvalue weighted by Crippen LogP contribution is 2.24. The van der Waals surface area contributed by atoms with Gasteiger partial charge in [-0.25, -0.2) is 0 Å². The fraction of sp³-hybridized carbons (Fsp3) is 0.500. The van der Waals surface area contributed by atoms with E-state index < -0.39 is 0 Å². The van der Waals surface area contributed by atoms with Crippen molar-refractivity contribution in [2.75, 3.05) is 20.3 Å². The number of esters is 1. The number of rotatable bonds is 5. The zero-order valence-corrected chi connectivity index (χ0v) is 12.5. The second-order valence-corrected chi connectivity index (χ2v) is 5.03. The van der Waals surface area contributed by atoms with Crippen LogP contribution in [0.5, 0.6) is 5.75 Å². The number of hydrogen-bond donors (Lipinski definition) is 0. The van der Waals surface area contributed by atoms with Gasteiger partial charge in [0.05, 0.1) is 19.3 Å². The van der Waals surface area contributed by atoms with E-state index >= 15 is 0 Å². The van der Waals surface area contributed by atoms with Gasteiger partial charge in [-0.2, -0.15) is 5.26 Å². The zero-order valence-electron chi connectivity index (χ0n) is 12.5. The van der Waals surface area contributed by atoms with E-state index in [1.165, 1.54) is 0 Å². The van der Waals surface area contributed by atoms with E-state index in [9.17, 15) is 4.79 Å². The van der Waals surface area contributed by atoms with Crippen molar-refractivity contribution in [3.63, 3.8) is 0 Å². The summed E-state index contributed by atoms with van der Waals surface area (Å²) in [5, 5.41) is 9.00. The predicted molar refractivity (Wildman–Crippen MR) is 77.8 cm³/mol. The summed E-state index contributed by atoms with van der Waals surface area (Å²) in [7, 11) is 1.55. The first-order valence-corrected chi connectivity index (χ1v) is 7.17. The van der Waals surface area contributed by atoms with Crippen molar-refractivity contribution in [1.82, 2.24) is 4.90 Å². The highest BCUT2D eigenvalue weighted by Gasteiger charge is 2.31.